The summed E-state index contributed by atoms with van der Waals surface area (Å²) in [5.74, 6) is 0.893. The molecule has 5 rings (SSSR count). The van der Waals surface area contributed by atoms with E-state index in [0.29, 0.717) is 17.8 Å². The van der Waals surface area contributed by atoms with Crippen LogP contribution in [0.2, 0.25) is 0 Å². The molecule has 6 nitrogen and oxygen atoms in total. The number of carbonyl (C=O) groups is 1. The number of aromatic amines is 1. The Labute approximate surface area is 141 Å². The first-order chi connectivity index (χ1) is 11.7. The maximum Gasteiger partial charge on any atom is 0.275 e. The van der Waals surface area contributed by atoms with E-state index in [4.69, 9.17) is 0 Å². The van der Waals surface area contributed by atoms with Crippen LogP contribution in [-0.2, 0) is 0 Å². The van der Waals surface area contributed by atoms with Crippen LogP contribution in [0.5, 0.6) is 0 Å². The van der Waals surface area contributed by atoms with Crippen molar-refractivity contribution in [2.24, 2.45) is 5.92 Å². The first-order valence-corrected chi connectivity index (χ1v) is 8.92. The second-order valence-electron chi connectivity index (χ2n) is 7.60. The summed E-state index contributed by atoms with van der Waals surface area (Å²) in [6.45, 7) is 2.83. The molecule has 3 aliphatic rings. The normalized spacial score (nSPS) is 26.5. The SMILES string of the molecule is CN1CC2CC1CN2C(=O)c1n[nH]c2ccc(NCC3CC3)cc12. The highest BCUT2D eigenvalue weighted by Crippen LogP contribution is 2.32. The number of nitrogens with one attached hydrogen (secondary N) is 2. The van der Waals surface area contributed by atoms with Crippen molar-refractivity contribution in [3.63, 3.8) is 0 Å². The number of likely N-dealkylation sites (tertiary alicyclic amines) is 2. The van der Waals surface area contributed by atoms with Crippen molar-refractivity contribution < 1.29 is 4.79 Å². The number of likely N-dealkylation sites (N-methyl/N-ethyl adjacent to an activating group) is 1. The molecule has 1 amide bonds. The minimum atomic E-state index is 0.0705. The fourth-order valence-corrected chi connectivity index (χ4v) is 4.12. The predicted octanol–water partition coefficient (Wildman–Crippen LogP) is 1.91. The number of H-pyrrole nitrogens is 1. The molecular weight excluding hydrogens is 302 g/mol. The molecule has 3 heterocycles. The Bertz CT molecular complexity index is 794. The van der Waals surface area contributed by atoms with Gasteiger partial charge in [0.1, 0.15) is 0 Å². The van der Waals surface area contributed by atoms with Gasteiger partial charge in [-0.2, -0.15) is 5.10 Å². The van der Waals surface area contributed by atoms with E-state index in [1.54, 1.807) is 0 Å². The van der Waals surface area contributed by atoms with E-state index in [-0.39, 0.29) is 5.91 Å². The molecule has 2 aliphatic heterocycles. The highest BCUT2D eigenvalue weighted by molar-refractivity contribution is 6.05. The molecule has 0 spiro atoms. The minimum Gasteiger partial charge on any atom is -0.385 e. The molecule has 2 aromatic rings. The number of hydrogen-bond donors (Lipinski definition) is 2. The zero-order valence-corrected chi connectivity index (χ0v) is 14.0. The first-order valence-electron chi connectivity index (χ1n) is 8.92. The Morgan fingerprint density at radius 2 is 2.21 bits per heavy atom. The average molecular weight is 325 g/mol. The largest absolute Gasteiger partial charge is 0.385 e. The number of amides is 1. The van der Waals surface area contributed by atoms with Crippen molar-refractivity contribution in [2.45, 2.75) is 31.3 Å². The van der Waals surface area contributed by atoms with Gasteiger partial charge in [0.2, 0.25) is 0 Å². The third-order valence-electron chi connectivity index (χ3n) is 5.83. The van der Waals surface area contributed by atoms with Gasteiger partial charge in [-0.25, -0.2) is 0 Å². The number of carbonyl (C=O) groups excluding carboxylic acids is 1. The zero-order chi connectivity index (χ0) is 16.3. The lowest BCUT2D eigenvalue weighted by atomic mass is 10.1. The van der Waals surface area contributed by atoms with Crippen molar-refractivity contribution in [1.29, 1.82) is 0 Å². The fraction of sp³-hybridized carbons (Fsp3) is 0.556. The van der Waals surface area contributed by atoms with Crippen LogP contribution in [0.3, 0.4) is 0 Å². The Morgan fingerprint density at radius 3 is 2.92 bits per heavy atom. The smallest absolute Gasteiger partial charge is 0.275 e. The number of anilines is 1. The zero-order valence-electron chi connectivity index (χ0n) is 14.0. The molecule has 2 unspecified atom stereocenters. The standard InChI is InChI=1S/C18H23N5O/c1-22-9-14-7-13(22)10-23(14)18(24)17-15-6-12(19-8-11-2-3-11)4-5-16(15)20-21-17/h4-6,11,13-14,19H,2-3,7-10H2,1H3,(H,20,21). The number of rotatable bonds is 4. The van der Waals surface area contributed by atoms with E-state index in [9.17, 15) is 4.79 Å². The van der Waals surface area contributed by atoms with E-state index in [1.807, 2.05) is 11.0 Å². The van der Waals surface area contributed by atoms with Crippen molar-refractivity contribution in [1.82, 2.24) is 20.0 Å². The lowest BCUT2D eigenvalue weighted by Gasteiger charge is -2.31. The number of nitrogens with zero attached hydrogens (tertiary/aromatic N) is 3. The predicted molar refractivity (Wildman–Crippen MR) is 93.2 cm³/mol. The van der Waals surface area contributed by atoms with Crippen LogP contribution >= 0.6 is 0 Å². The summed E-state index contributed by atoms with van der Waals surface area (Å²) in [7, 11) is 2.15. The molecule has 2 N–H and O–H groups in total. The Hall–Kier alpha value is -2.08. The van der Waals surface area contributed by atoms with Crippen LogP contribution in [0.25, 0.3) is 10.9 Å². The summed E-state index contributed by atoms with van der Waals surface area (Å²) in [5.41, 5.74) is 2.57. The van der Waals surface area contributed by atoms with E-state index in [2.05, 4.69) is 39.6 Å². The summed E-state index contributed by atoms with van der Waals surface area (Å²) in [6.07, 6.45) is 3.76. The maximum absolute atomic E-state index is 13.0. The lowest BCUT2D eigenvalue weighted by Crippen LogP contribution is -2.47. The van der Waals surface area contributed by atoms with Crippen LogP contribution in [0.15, 0.2) is 18.2 Å². The van der Waals surface area contributed by atoms with Gasteiger partial charge in [-0.05, 0) is 50.4 Å². The molecule has 24 heavy (non-hydrogen) atoms. The summed E-state index contributed by atoms with van der Waals surface area (Å²) in [5, 5.41) is 11.8. The van der Waals surface area contributed by atoms with Crippen molar-refractivity contribution in [3.05, 3.63) is 23.9 Å². The molecule has 1 saturated carbocycles. The molecule has 1 aromatic carbocycles. The second-order valence-corrected chi connectivity index (χ2v) is 7.60. The third-order valence-corrected chi connectivity index (χ3v) is 5.83. The molecule has 2 bridgehead atoms. The van der Waals surface area contributed by atoms with Crippen molar-refractivity contribution in [2.75, 3.05) is 32.0 Å². The third kappa shape index (κ3) is 2.28. The molecule has 2 saturated heterocycles. The summed E-state index contributed by atoms with van der Waals surface area (Å²) in [6, 6.07) is 6.99. The molecule has 126 valence electrons. The van der Waals surface area contributed by atoms with Gasteiger partial charge >= 0.3 is 0 Å². The van der Waals surface area contributed by atoms with Gasteiger partial charge in [0.25, 0.3) is 5.91 Å². The molecule has 0 radical (unpaired) electrons. The van der Waals surface area contributed by atoms with Gasteiger partial charge < -0.3 is 10.2 Å². The summed E-state index contributed by atoms with van der Waals surface area (Å²) < 4.78 is 0. The molecule has 1 aliphatic carbocycles. The van der Waals surface area contributed by atoms with Crippen LogP contribution in [0, 0.1) is 5.92 Å². The number of hydrogen-bond acceptors (Lipinski definition) is 4. The van der Waals surface area contributed by atoms with E-state index < -0.39 is 0 Å². The Balaban J connectivity index is 1.41. The summed E-state index contributed by atoms with van der Waals surface area (Å²) in [4.78, 5) is 17.4. The second kappa shape index (κ2) is 5.21. The van der Waals surface area contributed by atoms with Gasteiger partial charge in [-0.3, -0.25) is 14.8 Å². The Morgan fingerprint density at radius 1 is 1.33 bits per heavy atom. The molecule has 3 fully saturated rings. The van der Waals surface area contributed by atoms with Gasteiger partial charge in [0.15, 0.2) is 5.69 Å². The highest BCUT2D eigenvalue weighted by Gasteiger charge is 2.44. The lowest BCUT2D eigenvalue weighted by molar-refractivity contribution is 0.0646. The number of benzene rings is 1. The van der Waals surface area contributed by atoms with Crippen LogP contribution in [0.1, 0.15) is 29.8 Å². The minimum absolute atomic E-state index is 0.0705. The Kier molecular flexibility index (Phi) is 3.10. The van der Waals surface area contributed by atoms with Gasteiger partial charge in [-0.15, -0.1) is 0 Å². The van der Waals surface area contributed by atoms with Crippen LogP contribution < -0.4 is 5.32 Å². The van der Waals surface area contributed by atoms with Gasteiger partial charge in [0, 0.05) is 42.8 Å². The monoisotopic (exact) mass is 325 g/mol. The van der Waals surface area contributed by atoms with Crippen LogP contribution in [-0.4, -0.2) is 64.7 Å². The first kappa shape index (κ1) is 14.3. The maximum atomic E-state index is 13.0. The molecular formula is C18H23N5O. The van der Waals surface area contributed by atoms with E-state index in [0.717, 1.165) is 48.6 Å². The van der Waals surface area contributed by atoms with Gasteiger partial charge in [-0.1, -0.05) is 0 Å². The van der Waals surface area contributed by atoms with Gasteiger partial charge in [0.05, 0.1) is 5.52 Å². The molecule has 1 aromatic heterocycles. The fourth-order valence-electron chi connectivity index (χ4n) is 4.12. The highest BCUT2D eigenvalue weighted by atomic mass is 16.2. The van der Waals surface area contributed by atoms with Crippen molar-refractivity contribution in [3.8, 4) is 0 Å². The van der Waals surface area contributed by atoms with E-state index in [1.165, 1.54) is 12.8 Å². The molecule has 2 atom stereocenters. The number of aromatic nitrogens is 2. The number of piperazine rings is 1. The van der Waals surface area contributed by atoms with E-state index >= 15 is 0 Å². The number of fused-ring (bicyclic) bond motifs is 3. The average Bonchev–Trinajstić information content (AvgIpc) is 3.01. The summed E-state index contributed by atoms with van der Waals surface area (Å²) >= 11 is 0. The molecule has 6 heteroatoms. The quantitative estimate of drug-likeness (QED) is 0.901. The van der Waals surface area contributed by atoms with Crippen molar-refractivity contribution >= 4 is 22.5 Å². The van der Waals surface area contributed by atoms with Crippen LogP contribution in [0.4, 0.5) is 5.69 Å². The topological polar surface area (TPSA) is 64.3 Å².